The molecule has 1 heterocycles. The van der Waals surface area contributed by atoms with Crippen molar-refractivity contribution in [2.24, 2.45) is 0 Å². The van der Waals surface area contributed by atoms with Crippen LogP contribution in [-0.2, 0) is 12.0 Å². The first-order valence-corrected chi connectivity index (χ1v) is 8.27. The molecule has 0 spiro atoms. The van der Waals surface area contributed by atoms with Crippen LogP contribution in [0.25, 0.3) is 11.5 Å². The highest BCUT2D eigenvalue weighted by atomic mass is 16.5. The van der Waals surface area contributed by atoms with E-state index in [1.165, 1.54) is 5.56 Å². The van der Waals surface area contributed by atoms with Crippen molar-refractivity contribution in [2.75, 3.05) is 12.4 Å². The topological polar surface area (TPSA) is 60.2 Å². The maximum atomic E-state index is 5.78. The number of aromatic nitrogens is 2. The number of hydrogen-bond acceptors (Lipinski definition) is 5. The molecule has 0 saturated heterocycles. The average molecular weight is 337 g/mol. The summed E-state index contributed by atoms with van der Waals surface area (Å²) in [5.41, 5.74) is 3.23. The predicted molar refractivity (Wildman–Crippen MR) is 98.8 cm³/mol. The molecular weight excluding hydrogens is 314 g/mol. The fourth-order valence-corrected chi connectivity index (χ4v) is 2.66. The Labute approximate surface area is 148 Å². The van der Waals surface area contributed by atoms with E-state index < -0.39 is 0 Å². The molecule has 5 nitrogen and oxygen atoms in total. The molecule has 0 amide bonds. The van der Waals surface area contributed by atoms with Gasteiger partial charge in [-0.25, -0.2) is 0 Å². The number of para-hydroxylation sites is 1. The Kier molecular flexibility index (Phi) is 4.74. The summed E-state index contributed by atoms with van der Waals surface area (Å²) in [6, 6.07) is 15.9. The number of nitrogens with zero attached hydrogens (tertiary/aromatic N) is 2. The zero-order valence-corrected chi connectivity index (χ0v) is 15.0. The van der Waals surface area contributed by atoms with Crippen LogP contribution in [0.4, 0.5) is 5.69 Å². The van der Waals surface area contributed by atoms with Crippen LogP contribution >= 0.6 is 0 Å². The number of benzene rings is 2. The van der Waals surface area contributed by atoms with Crippen LogP contribution in [0.2, 0.25) is 0 Å². The van der Waals surface area contributed by atoms with Crippen LogP contribution in [0.3, 0.4) is 0 Å². The Morgan fingerprint density at radius 2 is 1.84 bits per heavy atom. The number of rotatable bonds is 5. The van der Waals surface area contributed by atoms with Gasteiger partial charge in [0, 0.05) is 11.3 Å². The van der Waals surface area contributed by atoms with Crippen LogP contribution in [0, 0.1) is 0 Å². The van der Waals surface area contributed by atoms with Crippen LogP contribution in [0.1, 0.15) is 32.2 Å². The van der Waals surface area contributed by atoms with Crippen molar-refractivity contribution in [1.29, 1.82) is 0 Å². The molecule has 5 heteroatoms. The van der Waals surface area contributed by atoms with Gasteiger partial charge in [-0.3, -0.25) is 0 Å². The molecule has 25 heavy (non-hydrogen) atoms. The first-order chi connectivity index (χ1) is 12.0. The maximum Gasteiger partial charge on any atom is 0.247 e. The quantitative estimate of drug-likeness (QED) is 0.734. The van der Waals surface area contributed by atoms with Crippen molar-refractivity contribution in [3.8, 4) is 17.2 Å². The summed E-state index contributed by atoms with van der Waals surface area (Å²) in [6.07, 6.45) is 0. The largest absolute Gasteiger partial charge is 0.497 e. The molecule has 130 valence electrons. The van der Waals surface area contributed by atoms with Gasteiger partial charge in [0.1, 0.15) is 5.75 Å². The molecule has 3 rings (SSSR count). The third kappa shape index (κ3) is 3.99. The van der Waals surface area contributed by atoms with Gasteiger partial charge in [-0.1, -0.05) is 45.0 Å². The van der Waals surface area contributed by atoms with E-state index in [-0.39, 0.29) is 5.41 Å². The molecule has 0 unspecified atom stereocenters. The summed E-state index contributed by atoms with van der Waals surface area (Å²) in [7, 11) is 1.63. The zero-order chi connectivity index (χ0) is 17.9. The molecule has 0 aliphatic heterocycles. The lowest BCUT2D eigenvalue weighted by Crippen LogP contribution is -2.14. The van der Waals surface area contributed by atoms with E-state index in [4.69, 9.17) is 9.15 Å². The van der Waals surface area contributed by atoms with Crippen molar-refractivity contribution < 1.29 is 9.15 Å². The van der Waals surface area contributed by atoms with Crippen molar-refractivity contribution in [1.82, 2.24) is 10.2 Å². The maximum absolute atomic E-state index is 5.78. The van der Waals surface area contributed by atoms with Crippen LogP contribution in [0.5, 0.6) is 5.75 Å². The van der Waals surface area contributed by atoms with Gasteiger partial charge in [-0.15, -0.1) is 10.2 Å². The number of methoxy groups -OCH3 is 1. The Balaban J connectivity index is 1.75. The predicted octanol–water partition coefficient (Wildman–Crippen LogP) is 4.65. The smallest absolute Gasteiger partial charge is 0.247 e. The lowest BCUT2D eigenvalue weighted by Gasteiger charge is -2.23. The van der Waals surface area contributed by atoms with E-state index in [1.807, 2.05) is 30.3 Å². The summed E-state index contributed by atoms with van der Waals surface area (Å²) in [5, 5.41) is 11.7. The molecule has 0 aliphatic carbocycles. The molecule has 3 aromatic rings. The van der Waals surface area contributed by atoms with E-state index in [2.05, 4.69) is 54.5 Å². The molecule has 0 fully saturated rings. The van der Waals surface area contributed by atoms with E-state index in [0.717, 1.165) is 17.0 Å². The highest BCUT2D eigenvalue weighted by molar-refractivity contribution is 5.56. The lowest BCUT2D eigenvalue weighted by molar-refractivity contribution is 0.414. The van der Waals surface area contributed by atoms with Gasteiger partial charge < -0.3 is 14.5 Å². The second kappa shape index (κ2) is 6.97. The monoisotopic (exact) mass is 337 g/mol. The average Bonchev–Trinajstić information content (AvgIpc) is 3.08. The van der Waals surface area contributed by atoms with Gasteiger partial charge in [0.15, 0.2) is 0 Å². The van der Waals surface area contributed by atoms with Crippen LogP contribution in [0.15, 0.2) is 52.9 Å². The molecule has 0 aliphatic rings. The highest BCUT2D eigenvalue weighted by Gasteiger charge is 2.17. The molecule has 0 bridgehead atoms. The minimum Gasteiger partial charge on any atom is -0.497 e. The van der Waals surface area contributed by atoms with Gasteiger partial charge in [-0.2, -0.15) is 0 Å². The van der Waals surface area contributed by atoms with Gasteiger partial charge in [0.05, 0.1) is 13.7 Å². The van der Waals surface area contributed by atoms with Gasteiger partial charge in [-0.05, 0) is 35.2 Å². The summed E-state index contributed by atoms with van der Waals surface area (Å²) < 4.78 is 11.0. The van der Waals surface area contributed by atoms with E-state index in [0.29, 0.717) is 18.3 Å². The second-order valence-corrected chi connectivity index (χ2v) is 6.88. The van der Waals surface area contributed by atoms with E-state index in [9.17, 15) is 0 Å². The fraction of sp³-hybridized carbons (Fsp3) is 0.300. The molecule has 2 aromatic carbocycles. The summed E-state index contributed by atoms with van der Waals surface area (Å²) >= 11 is 0. The highest BCUT2D eigenvalue weighted by Crippen LogP contribution is 2.29. The molecule has 1 aromatic heterocycles. The standard InChI is InChI=1S/C20H23N3O2/c1-20(2,3)16-10-5-6-11-17(16)21-13-18-22-23-19(25-18)14-8-7-9-15(12-14)24-4/h5-12,21H,13H2,1-4H3. The third-order valence-corrected chi connectivity index (χ3v) is 3.95. The summed E-state index contributed by atoms with van der Waals surface area (Å²) in [6.45, 7) is 7.06. The summed E-state index contributed by atoms with van der Waals surface area (Å²) in [4.78, 5) is 0. The SMILES string of the molecule is COc1cccc(-c2nnc(CNc3ccccc3C(C)(C)C)o2)c1. The molecule has 0 radical (unpaired) electrons. The zero-order valence-electron chi connectivity index (χ0n) is 15.0. The summed E-state index contributed by atoms with van der Waals surface area (Å²) in [5.74, 6) is 1.79. The number of anilines is 1. The molecule has 0 saturated carbocycles. The number of hydrogen-bond donors (Lipinski definition) is 1. The lowest BCUT2D eigenvalue weighted by atomic mass is 9.86. The van der Waals surface area contributed by atoms with Gasteiger partial charge in [0.25, 0.3) is 0 Å². The van der Waals surface area contributed by atoms with Gasteiger partial charge in [0.2, 0.25) is 11.8 Å². The first-order valence-electron chi connectivity index (χ1n) is 8.27. The number of nitrogens with one attached hydrogen (secondary N) is 1. The molecule has 1 N–H and O–H groups in total. The Morgan fingerprint density at radius 3 is 2.60 bits per heavy atom. The third-order valence-electron chi connectivity index (χ3n) is 3.95. The Bertz CT molecular complexity index is 850. The van der Waals surface area contributed by atoms with Crippen LogP contribution < -0.4 is 10.1 Å². The van der Waals surface area contributed by atoms with Gasteiger partial charge >= 0.3 is 0 Å². The van der Waals surface area contributed by atoms with Crippen LogP contribution in [-0.4, -0.2) is 17.3 Å². The van der Waals surface area contributed by atoms with E-state index in [1.54, 1.807) is 7.11 Å². The molecule has 0 atom stereocenters. The van der Waals surface area contributed by atoms with Crippen molar-refractivity contribution in [3.05, 3.63) is 60.0 Å². The fourth-order valence-electron chi connectivity index (χ4n) is 2.66. The normalized spacial score (nSPS) is 11.4. The minimum absolute atomic E-state index is 0.0597. The van der Waals surface area contributed by atoms with Crippen molar-refractivity contribution in [3.63, 3.8) is 0 Å². The van der Waals surface area contributed by atoms with E-state index >= 15 is 0 Å². The molecular formula is C20H23N3O2. The second-order valence-electron chi connectivity index (χ2n) is 6.88. The first kappa shape index (κ1) is 17.0. The number of ether oxygens (including phenoxy) is 1. The van der Waals surface area contributed by atoms with Crippen molar-refractivity contribution >= 4 is 5.69 Å². The Hall–Kier alpha value is -2.82. The van der Waals surface area contributed by atoms with Crippen molar-refractivity contribution in [2.45, 2.75) is 32.7 Å². The minimum atomic E-state index is 0.0597. The Morgan fingerprint density at radius 1 is 1.04 bits per heavy atom.